The second-order valence-corrected chi connectivity index (χ2v) is 13.6. The van der Waals surface area contributed by atoms with Crippen LogP contribution in [0.2, 0.25) is 0 Å². The maximum absolute atomic E-state index is 12.3. The molecule has 4 heteroatoms. The fraction of sp³-hybridized carbons (Fsp3) is 0. The predicted octanol–water partition coefficient (Wildman–Crippen LogP) is 12.9. The fourth-order valence-corrected chi connectivity index (χ4v) is 8.03. The highest BCUT2D eigenvalue weighted by Gasteiger charge is 2.24. The van der Waals surface area contributed by atoms with Crippen molar-refractivity contribution in [3.8, 4) is 66.8 Å². The van der Waals surface area contributed by atoms with Gasteiger partial charge in [-0.05, 0) is 93.1 Å². The van der Waals surface area contributed by atoms with Gasteiger partial charge in [0.2, 0.25) is 0 Å². The Morgan fingerprint density at radius 2 is 0.759 bits per heavy atom. The van der Waals surface area contributed by atoms with Crippen molar-refractivity contribution in [3.05, 3.63) is 187 Å². The van der Waals surface area contributed by atoms with Crippen LogP contribution >= 0.6 is 0 Å². The summed E-state index contributed by atoms with van der Waals surface area (Å²) in [5.41, 5.74) is 19.0. The molecule has 2 N–H and O–H groups in total. The summed E-state index contributed by atoms with van der Waals surface area (Å²) in [7, 11) is 0. The Bertz CT molecular complexity index is 2920. The third-order valence-corrected chi connectivity index (χ3v) is 10.4. The lowest BCUT2D eigenvalue weighted by Crippen LogP contribution is -1.88. The summed E-state index contributed by atoms with van der Waals surface area (Å²) in [5.74, 6) is 0. The first kappa shape index (κ1) is 31.4. The molecule has 10 rings (SSSR count). The average Bonchev–Trinajstić information content (AvgIpc) is 4.06. The van der Waals surface area contributed by atoms with Crippen molar-refractivity contribution in [1.29, 1.82) is 0 Å². The molecule has 1 aliphatic heterocycles. The van der Waals surface area contributed by atoms with E-state index < -0.39 is 0 Å². The van der Waals surface area contributed by atoms with Crippen LogP contribution in [0.5, 0.6) is 0 Å². The Kier molecular flexibility index (Phi) is 7.59. The van der Waals surface area contributed by atoms with Gasteiger partial charge in [-0.25, -0.2) is 4.98 Å². The molecule has 8 aromatic rings. The summed E-state index contributed by atoms with van der Waals surface area (Å²) in [5, 5.41) is 0. The standard InChI is InChI=1S/C50H33N3O/c54-31-32-21-22-37-38(29-32)40-30-39(37)47(33-13-5-1-6-14-33)41-23-25-43(51-41)49(35-17-9-3-10-18-35)45-27-28-46(53-45)50(36-19-11-4-12-20-36)44-26-24-42(52-44)48(40)34-15-7-2-8-16-34/h1-31,51-52H. The lowest BCUT2D eigenvalue weighted by atomic mass is 9.94. The molecule has 0 amide bonds. The monoisotopic (exact) mass is 691 g/mol. The zero-order chi connectivity index (χ0) is 36.0. The van der Waals surface area contributed by atoms with E-state index in [1.165, 1.54) is 0 Å². The summed E-state index contributed by atoms with van der Waals surface area (Å²) in [6.45, 7) is 0. The molecular formula is C50H33N3O. The molecule has 0 unspecified atom stereocenters. The van der Waals surface area contributed by atoms with E-state index >= 15 is 0 Å². The van der Waals surface area contributed by atoms with E-state index in [0.29, 0.717) is 5.56 Å². The summed E-state index contributed by atoms with van der Waals surface area (Å²) in [6.07, 6.45) is 5.19. The Labute approximate surface area is 312 Å². The molecule has 54 heavy (non-hydrogen) atoms. The van der Waals surface area contributed by atoms with Crippen LogP contribution < -0.4 is 0 Å². The van der Waals surface area contributed by atoms with Crippen molar-refractivity contribution in [2.24, 2.45) is 0 Å². The molecule has 1 aliphatic carbocycles. The van der Waals surface area contributed by atoms with Crippen LogP contribution in [0.4, 0.5) is 0 Å². The number of hydrogen-bond acceptors (Lipinski definition) is 2. The van der Waals surface area contributed by atoms with Crippen molar-refractivity contribution < 1.29 is 4.79 Å². The average molecular weight is 692 g/mol. The van der Waals surface area contributed by atoms with Gasteiger partial charge < -0.3 is 9.97 Å². The van der Waals surface area contributed by atoms with Crippen LogP contribution in [0.25, 0.3) is 101 Å². The van der Waals surface area contributed by atoms with Gasteiger partial charge in [0, 0.05) is 49.9 Å². The lowest BCUT2D eigenvalue weighted by molar-refractivity contribution is 0.112. The van der Waals surface area contributed by atoms with Crippen LogP contribution in [-0.4, -0.2) is 21.2 Å². The molecule has 4 heterocycles. The van der Waals surface area contributed by atoms with E-state index in [0.717, 1.165) is 107 Å². The molecule has 5 aromatic carbocycles. The van der Waals surface area contributed by atoms with E-state index in [1.807, 2.05) is 30.3 Å². The third-order valence-electron chi connectivity index (χ3n) is 10.4. The molecule has 0 atom stereocenters. The Hall–Kier alpha value is -7.30. The zero-order valence-electron chi connectivity index (χ0n) is 29.3. The van der Waals surface area contributed by atoms with Crippen molar-refractivity contribution in [1.82, 2.24) is 15.0 Å². The molecular weight excluding hydrogens is 659 g/mol. The number of benzene rings is 5. The molecule has 3 aromatic heterocycles. The van der Waals surface area contributed by atoms with Crippen LogP contribution in [0.15, 0.2) is 170 Å². The smallest absolute Gasteiger partial charge is 0.150 e. The number of H-pyrrole nitrogens is 2. The molecule has 0 spiro atoms. The van der Waals surface area contributed by atoms with Gasteiger partial charge in [-0.15, -0.1) is 0 Å². The largest absolute Gasteiger partial charge is 0.354 e. The Morgan fingerprint density at radius 3 is 1.19 bits per heavy atom. The number of nitrogens with one attached hydrogen (secondary N) is 2. The number of carbonyl (C=O) groups excluding carboxylic acids is 1. The predicted molar refractivity (Wildman–Crippen MR) is 224 cm³/mol. The minimum Gasteiger partial charge on any atom is -0.354 e. The summed E-state index contributed by atoms with van der Waals surface area (Å²) < 4.78 is 0. The SMILES string of the molecule is O=Cc1ccc2c(c1)-c1cc-2c(-c2ccccc2)c2ccc([nH]2)c(-c2ccccc2)c2nc(c(-c3ccccc3)c3ccc([nH]3)c1-c1ccccc1)C=C2. The van der Waals surface area contributed by atoms with Crippen LogP contribution in [-0.2, 0) is 0 Å². The molecule has 0 saturated heterocycles. The number of fused-ring (bicyclic) bond motifs is 11. The zero-order valence-corrected chi connectivity index (χ0v) is 29.3. The van der Waals surface area contributed by atoms with Gasteiger partial charge in [0.25, 0.3) is 0 Å². The van der Waals surface area contributed by atoms with Crippen LogP contribution in [0.3, 0.4) is 0 Å². The first-order valence-electron chi connectivity index (χ1n) is 18.2. The van der Waals surface area contributed by atoms with Gasteiger partial charge in [-0.1, -0.05) is 133 Å². The molecule has 0 radical (unpaired) electrons. The van der Waals surface area contributed by atoms with E-state index in [4.69, 9.17) is 4.98 Å². The quantitative estimate of drug-likeness (QED) is 0.177. The van der Waals surface area contributed by atoms with Gasteiger partial charge in [0.1, 0.15) is 6.29 Å². The van der Waals surface area contributed by atoms with Crippen molar-refractivity contribution in [2.75, 3.05) is 0 Å². The molecule has 4 nitrogen and oxygen atoms in total. The highest BCUT2D eigenvalue weighted by Crippen LogP contribution is 2.49. The summed E-state index contributed by atoms with van der Waals surface area (Å²) in [6, 6.07) is 59.1. The van der Waals surface area contributed by atoms with Gasteiger partial charge in [-0.2, -0.15) is 0 Å². The van der Waals surface area contributed by atoms with E-state index in [2.05, 4.69) is 162 Å². The minimum atomic E-state index is 0.634. The molecule has 254 valence electrons. The first-order chi connectivity index (χ1) is 26.7. The molecule has 8 bridgehead atoms. The molecule has 0 fully saturated rings. The van der Waals surface area contributed by atoms with Gasteiger partial charge in [0.15, 0.2) is 0 Å². The second-order valence-electron chi connectivity index (χ2n) is 13.6. The maximum Gasteiger partial charge on any atom is 0.150 e. The van der Waals surface area contributed by atoms with Crippen molar-refractivity contribution in [3.63, 3.8) is 0 Å². The number of aromatic nitrogens is 3. The number of rotatable bonds is 5. The van der Waals surface area contributed by atoms with Crippen LogP contribution in [0, 0.1) is 0 Å². The maximum atomic E-state index is 12.3. The summed E-state index contributed by atoms with van der Waals surface area (Å²) in [4.78, 5) is 25.4. The molecule has 2 aliphatic rings. The van der Waals surface area contributed by atoms with E-state index in [9.17, 15) is 4.79 Å². The number of hydrogen-bond donors (Lipinski definition) is 2. The minimum absolute atomic E-state index is 0.634. The number of aromatic amines is 2. The highest BCUT2D eigenvalue weighted by atomic mass is 16.1. The Morgan fingerprint density at radius 1 is 0.370 bits per heavy atom. The first-order valence-corrected chi connectivity index (χ1v) is 18.2. The normalized spacial score (nSPS) is 11.7. The lowest BCUT2D eigenvalue weighted by Gasteiger charge is -2.10. The fourth-order valence-electron chi connectivity index (χ4n) is 8.03. The van der Waals surface area contributed by atoms with Crippen molar-refractivity contribution in [2.45, 2.75) is 0 Å². The summed E-state index contributed by atoms with van der Waals surface area (Å²) >= 11 is 0. The number of carbonyl (C=O) groups is 1. The molecule has 0 saturated carbocycles. The second kappa shape index (κ2) is 13.0. The van der Waals surface area contributed by atoms with Crippen molar-refractivity contribution >= 4 is 40.5 Å². The van der Waals surface area contributed by atoms with E-state index in [1.54, 1.807) is 0 Å². The van der Waals surface area contributed by atoms with Gasteiger partial charge in [0.05, 0.1) is 11.4 Å². The third kappa shape index (κ3) is 5.32. The van der Waals surface area contributed by atoms with Gasteiger partial charge >= 0.3 is 0 Å². The van der Waals surface area contributed by atoms with E-state index in [-0.39, 0.29) is 0 Å². The Balaban J connectivity index is 1.46. The topological polar surface area (TPSA) is 61.5 Å². The number of aldehydes is 1. The number of nitrogens with zero attached hydrogens (tertiary/aromatic N) is 1. The highest BCUT2D eigenvalue weighted by molar-refractivity contribution is 6.08. The van der Waals surface area contributed by atoms with Crippen LogP contribution in [0.1, 0.15) is 21.7 Å². The van der Waals surface area contributed by atoms with Gasteiger partial charge in [-0.3, -0.25) is 4.79 Å².